The maximum Gasteiger partial charge on any atom is 0.219 e. The Labute approximate surface area is 242 Å². The number of aromatic nitrogens is 5. The van der Waals surface area contributed by atoms with Gasteiger partial charge in [-0.2, -0.15) is 0 Å². The van der Waals surface area contributed by atoms with Crippen molar-refractivity contribution < 1.29 is 4.74 Å². The molecule has 0 radical (unpaired) electrons. The minimum absolute atomic E-state index is 0.594. The molecule has 10 rings (SSSR count). The Balaban J connectivity index is 1.41. The average Bonchev–Trinajstić information content (AvgIpc) is 3.65. The molecule has 0 aliphatic carbocycles. The van der Waals surface area contributed by atoms with E-state index in [1.807, 2.05) is 24.4 Å². The first-order valence-corrected chi connectivity index (χ1v) is 14.4. The SMILES string of the molecule is Cn1cc2nc1-n1c3ccccc3c3cc4c5ccccc5n(c4cc31)-c1cccc(c1)Oc1ccc(cn1)CCC2. The van der Waals surface area contributed by atoms with E-state index in [9.17, 15) is 0 Å². The molecule has 4 aromatic heterocycles. The van der Waals surface area contributed by atoms with Crippen LogP contribution >= 0.6 is 0 Å². The van der Waals surface area contributed by atoms with Gasteiger partial charge >= 0.3 is 0 Å². The molecule has 202 valence electrons. The summed E-state index contributed by atoms with van der Waals surface area (Å²) in [6.07, 6.45) is 6.92. The summed E-state index contributed by atoms with van der Waals surface area (Å²) in [4.78, 5) is 9.80. The third-order valence-corrected chi connectivity index (χ3v) is 8.56. The van der Waals surface area contributed by atoms with Crippen LogP contribution in [0.15, 0.2) is 109 Å². The van der Waals surface area contributed by atoms with E-state index in [2.05, 4.69) is 111 Å². The van der Waals surface area contributed by atoms with Crippen molar-refractivity contribution in [2.45, 2.75) is 19.3 Å². The summed E-state index contributed by atoms with van der Waals surface area (Å²) in [6, 6.07) is 34.4. The highest BCUT2D eigenvalue weighted by Crippen LogP contribution is 2.40. The Kier molecular flexibility index (Phi) is 4.90. The Morgan fingerprint density at radius 2 is 1.43 bits per heavy atom. The molecule has 6 heterocycles. The van der Waals surface area contributed by atoms with Gasteiger partial charge in [-0.3, -0.25) is 4.57 Å². The molecule has 8 bridgehead atoms. The number of hydrogen-bond donors (Lipinski definition) is 0. The molecule has 0 saturated carbocycles. The molecule has 4 aromatic carbocycles. The van der Waals surface area contributed by atoms with Crippen LogP contribution in [0.2, 0.25) is 0 Å². The zero-order valence-corrected chi connectivity index (χ0v) is 23.2. The molecular weight excluding hydrogens is 518 g/mol. The van der Waals surface area contributed by atoms with Gasteiger partial charge in [-0.1, -0.05) is 48.5 Å². The van der Waals surface area contributed by atoms with Crippen molar-refractivity contribution in [3.8, 4) is 23.3 Å². The van der Waals surface area contributed by atoms with Gasteiger partial charge in [-0.25, -0.2) is 9.97 Å². The van der Waals surface area contributed by atoms with Gasteiger partial charge in [0.15, 0.2) is 0 Å². The molecule has 2 aliphatic heterocycles. The van der Waals surface area contributed by atoms with Crippen LogP contribution in [0.25, 0.3) is 55.2 Å². The summed E-state index contributed by atoms with van der Waals surface area (Å²) in [6.45, 7) is 0. The van der Waals surface area contributed by atoms with Gasteiger partial charge in [-0.15, -0.1) is 0 Å². The maximum atomic E-state index is 6.25. The van der Waals surface area contributed by atoms with E-state index in [1.54, 1.807) is 0 Å². The third-order valence-electron chi connectivity index (χ3n) is 8.56. The molecule has 0 N–H and O–H groups in total. The number of rotatable bonds is 0. The molecule has 2 aliphatic rings. The van der Waals surface area contributed by atoms with Crippen molar-refractivity contribution in [1.29, 1.82) is 0 Å². The van der Waals surface area contributed by atoms with E-state index in [0.29, 0.717) is 5.88 Å². The van der Waals surface area contributed by atoms with Crippen LogP contribution in [0.4, 0.5) is 0 Å². The molecule has 0 saturated heterocycles. The maximum absolute atomic E-state index is 6.25. The van der Waals surface area contributed by atoms with E-state index in [0.717, 1.165) is 64.4 Å². The number of fused-ring (bicyclic) bond motifs is 8. The number of pyridine rings is 1. The minimum atomic E-state index is 0.594. The van der Waals surface area contributed by atoms with Crippen LogP contribution in [0, 0.1) is 0 Å². The van der Waals surface area contributed by atoms with Crippen molar-refractivity contribution in [3.05, 3.63) is 121 Å². The Morgan fingerprint density at radius 3 is 2.21 bits per heavy atom. The number of para-hydroxylation sites is 2. The summed E-state index contributed by atoms with van der Waals surface area (Å²) >= 11 is 0. The van der Waals surface area contributed by atoms with Crippen molar-refractivity contribution >= 4 is 43.6 Å². The van der Waals surface area contributed by atoms with Gasteiger partial charge in [-0.05, 0) is 61.2 Å². The van der Waals surface area contributed by atoms with Crippen molar-refractivity contribution in [3.63, 3.8) is 0 Å². The molecule has 0 spiro atoms. The van der Waals surface area contributed by atoms with E-state index in [4.69, 9.17) is 9.72 Å². The van der Waals surface area contributed by atoms with E-state index >= 15 is 0 Å². The predicted molar refractivity (Wildman–Crippen MR) is 168 cm³/mol. The summed E-state index contributed by atoms with van der Waals surface area (Å²) in [5.41, 5.74) is 7.91. The topological polar surface area (TPSA) is 49.8 Å². The van der Waals surface area contributed by atoms with Crippen molar-refractivity contribution in [2.75, 3.05) is 0 Å². The summed E-state index contributed by atoms with van der Waals surface area (Å²) < 4.78 is 13.1. The van der Waals surface area contributed by atoms with E-state index in [1.165, 1.54) is 27.1 Å². The number of imidazole rings is 1. The molecular formula is C36H27N5O. The third kappa shape index (κ3) is 3.45. The van der Waals surface area contributed by atoms with Gasteiger partial charge in [0.05, 0.1) is 27.8 Å². The molecule has 8 aromatic rings. The highest BCUT2D eigenvalue weighted by atomic mass is 16.5. The molecule has 6 nitrogen and oxygen atoms in total. The number of ether oxygens (including phenoxy) is 1. The van der Waals surface area contributed by atoms with Gasteiger partial charge in [0, 0.05) is 58.8 Å². The lowest BCUT2D eigenvalue weighted by atomic mass is 10.1. The molecule has 0 amide bonds. The molecule has 0 atom stereocenters. The molecule has 42 heavy (non-hydrogen) atoms. The largest absolute Gasteiger partial charge is 0.439 e. The first-order valence-electron chi connectivity index (χ1n) is 14.4. The van der Waals surface area contributed by atoms with Crippen LogP contribution in [0.1, 0.15) is 17.7 Å². The van der Waals surface area contributed by atoms with Gasteiger partial charge in [0.1, 0.15) is 5.75 Å². The van der Waals surface area contributed by atoms with Crippen LogP contribution in [0.3, 0.4) is 0 Å². The zero-order valence-electron chi connectivity index (χ0n) is 23.2. The lowest BCUT2D eigenvalue weighted by Gasteiger charge is -2.11. The number of benzene rings is 4. The molecule has 6 heteroatoms. The van der Waals surface area contributed by atoms with E-state index < -0.39 is 0 Å². The van der Waals surface area contributed by atoms with E-state index in [-0.39, 0.29) is 0 Å². The van der Waals surface area contributed by atoms with Crippen molar-refractivity contribution in [1.82, 2.24) is 23.7 Å². The Hall–Kier alpha value is -5.36. The second-order valence-corrected chi connectivity index (χ2v) is 11.2. The standard InChI is InChI=1S/C36H27N5O/c1-39-22-24-9-6-8-23-16-17-35(37-21-23)42-26-11-7-10-25(18-26)40-31-14-4-2-12-27(31)29-19-30-28-13-3-5-15-32(28)41(36(39)38-24)34(30)20-33(29)40/h2-5,7,10-22H,6,8-9H2,1H3. The minimum Gasteiger partial charge on any atom is -0.439 e. The predicted octanol–water partition coefficient (Wildman–Crippen LogP) is 8.29. The van der Waals surface area contributed by atoms with Crippen LogP contribution in [-0.4, -0.2) is 23.7 Å². The number of hydrogen-bond acceptors (Lipinski definition) is 3. The molecule has 0 unspecified atom stereocenters. The lowest BCUT2D eigenvalue weighted by Crippen LogP contribution is -2.02. The first kappa shape index (κ1) is 23.4. The fraction of sp³-hybridized carbons (Fsp3) is 0.111. The lowest BCUT2D eigenvalue weighted by molar-refractivity contribution is 0.462. The van der Waals surface area contributed by atoms with Gasteiger partial charge < -0.3 is 13.9 Å². The summed E-state index contributed by atoms with van der Waals surface area (Å²) in [5, 5.41) is 4.89. The quantitative estimate of drug-likeness (QED) is 0.193. The Morgan fingerprint density at radius 1 is 0.667 bits per heavy atom. The smallest absolute Gasteiger partial charge is 0.219 e. The van der Waals surface area contributed by atoms with Crippen molar-refractivity contribution in [2.24, 2.45) is 7.05 Å². The van der Waals surface area contributed by atoms with Gasteiger partial charge in [0.2, 0.25) is 11.8 Å². The summed E-state index contributed by atoms with van der Waals surface area (Å²) in [7, 11) is 2.10. The first-order chi connectivity index (χ1) is 20.7. The fourth-order valence-electron chi connectivity index (χ4n) is 6.67. The number of aryl methyl sites for hydroxylation is 3. The van der Waals surface area contributed by atoms with Gasteiger partial charge in [0.25, 0.3) is 0 Å². The fourth-order valence-corrected chi connectivity index (χ4v) is 6.67. The summed E-state index contributed by atoms with van der Waals surface area (Å²) in [5.74, 6) is 2.28. The second kappa shape index (κ2) is 8.82. The second-order valence-electron chi connectivity index (χ2n) is 11.2. The van der Waals surface area contributed by atoms with Crippen LogP contribution < -0.4 is 4.74 Å². The van der Waals surface area contributed by atoms with Crippen LogP contribution in [0.5, 0.6) is 11.6 Å². The highest BCUT2D eigenvalue weighted by molar-refractivity contribution is 6.19. The highest BCUT2D eigenvalue weighted by Gasteiger charge is 2.20. The molecule has 0 fully saturated rings. The zero-order chi connectivity index (χ0) is 27.8. The normalized spacial score (nSPS) is 13.3. The monoisotopic (exact) mass is 545 g/mol. The Bertz CT molecular complexity index is 2320. The average molecular weight is 546 g/mol. The van der Waals surface area contributed by atoms with Crippen LogP contribution in [-0.2, 0) is 19.9 Å². The number of nitrogens with zero attached hydrogens (tertiary/aromatic N) is 5.